The fourth-order valence-corrected chi connectivity index (χ4v) is 6.97. The van der Waals surface area contributed by atoms with Gasteiger partial charge in [0.2, 0.25) is 17.3 Å². The number of nitrogens with one attached hydrogen (secondary N) is 2. The number of aliphatic hydroxyl groups is 1. The fraction of sp³-hybridized carbons (Fsp3) is 0.333. The summed E-state index contributed by atoms with van der Waals surface area (Å²) < 4.78 is 22.4. The van der Waals surface area contributed by atoms with Gasteiger partial charge in [-0.2, -0.15) is 0 Å². The van der Waals surface area contributed by atoms with Gasteiger partial charge in [0.25, 0.3) is 0 Å². The summed E-state index contributed by atoms with van der Waals surface area (Å²) in [4.78, 5) is 49.5. The van der Waals surface area contributed by atoms with Crippen LogP contribution in [0.3, 0.4) is 0 Å². The number of aromatic hydroxyl groups is 1. The van der Waals surface area contributed by atoms with Gasteiger partial charge >= 0.3 is 0 Å². The van der Waals surface area contributed by atoms with Crippen LogP contribution in [0.4, 0.5) is 0 Å². The maximum Gasteiger partial charge on any atom is 0.231 e. The van der Waals surface area contributed by atoms with Gasteiger partial charge in [0.15, 0.2) is 28.8 Å². The van der Waals surface area contributed by atoms with Crippen molar-refractivity contribution in [2.45, 2.75) is 44.1 Å². The number of amides is 1. The summed E-state index contributed by atoms with van der Waals surface area (Å²) in [6, 6.07) is 13.5. The molecule has 256 valence electrons. The molecule has 1 spiro atoms. The number of hydrogen-bond donors (Lipinski definition) is 4. The Bertz CT molecular complexity index is 1970. The van der Waals surface area contributed by atoms with Crippen LogP contribution in [0.5, 0.6) is 28.7 Å². The molecule has 0 saturated carbocycles. The third-order valence-electron chi connectivity index (χ3n) is 9.21. The van der Waals surface area contributed by atoms with Crippen LogP contribution in [0, 0.1) is 5.92 Å². The highest BCUT2D eigenvalue weighted by Crippen LogP contribution is 2.56. The van der Waals surface area contributed by atoms with Crippen molar-refractivity contribution in [1.82, 2.24) is 15.3 Å². The van der Waals surface area contributed by atoms with Gasteiger partial charge in [-0.25, -0.2) is 4.98 Å². The van der Waals surface area contributed by atoms with Crippen LogP contribution in [-0.2, 0) is 16.0 Å². The number of halogens is 1. The van der Waals surface area contributed by atoms with Gasteiger partial charge in [0.05, 0.1) is 32.4 Å². The molecule has 0 saturated heterocycles. The first-order valence-electron chi connectivity index (χ1n) is 15.8. The van der Waals surface area contributed by atoms with Crippen LogP contribution >= 0.6 is 11.6 Å². The number of ketones is 2. The Morgan fingerprint density at radius 2 is 1.82 bits per heavy atom. The highest BCUT2D eigenvalue weighted by molar-refractivity contribution is 6.35. The molecule has 13 heteroatoms. The van der Waals surface area contributed by atoms with E-state index in [1.54, 1.807) is 6.92 Å². The van der Waals surface area contributed by atoms with E-state index in [9.17, 15) is 24.6 Å². The second kappa shape index (κ2) is 13.3. The molecule has 3 unspecified atom stereocenters. The Hall–Kier alpha value is -5.23. The number of aryl methyl sites for hydroxylation is 1. The Labute approximate surface area is 287 Å². The van der Waals surface area contributed by atoms with Crippen LogP contribution < -0.4 is 24.3 Å². The van der Waals surface area contributed by atoms with Crippen molar-refractivity contribution in [2.75, 3.05) is 27.9 Å². The number of phenolic OH excluding ortho intramolecular Hbond substituents is 1. The Morgan fingerprint density at radius 3 is 2.53 bits per heavy atom. The molecule has 0 radical (unpaired) electrons. The summed E-state index contributed by atoms with van der Waals surface area (Å²) in [5.41, 5.74) is -0.00165. The van der Waals surface area contributed by atoms with E-state index in [1.807, 2.05) is 24.3 Å². The summed E-state index contributed by atoms with van der Waals surface area (Å²) in [6.45, 7) is 1.94. The number of aromatic nitrogens is 2. The standard InChI is InChI=1S/C36H36ClN3O9/c1-18-14-24(42)30(34(44)36(18)35(45)31-26(47-3)17-27(48-4)32(37)33(31)49-36)20(19-11-12-23(41)25(15-19)46-2)16-29(43)38-13-7-10-28-39-21-8-5-6-9-22(21)40-28/h5-6,8-9,11-12,15,17-18,20,41,44H,7,10,13-14,16H2,1-4H3,(H,38,43)(H,39,40). The molecule has 2 aliphatic rings. The molecule has 0 fully saturated rings. The molecule has 4 N–H and O–H groups in total. The van der Waals surface area contributed by atoms with Crippen LogP contribution in [0.2, 0.25) is 5.02 Å². The average molecular weight is 690 g/mol. The summed E-state index contributed by atoms with van der Waals surface area (Å²) >= 11 is 6.59. The summed E-state index contributed by atoms with van der Waals surface area (Å²) in [7, 11) is 4.15. The molecule has 0 bridgehead atoms. The third-order valence-corrected chi connectivity index (χ3v) is 9.56. The predicted octanol–water partition coefficient (Wildman–Crippen LogP) is 5.61. The van der Waals surface area contributed by atoms with Gasteiger partial charge in [-0.05, 0) is 36.2 Å². The zero-order chi connectivity index (χ0) is 35.0. The molecular formula is C36H36ClN3O9. The Kier molecular flexibility index (Phi) is 9.17. The molecule has 2 heterocycles. The van der Waals surface area contributed by atoms with E-state index in [2.05, 4.69) is 15.3 Å². The second-order valence-corrected chi connectivity index (χ2v) is 12.5. The maximum absolute atomic E-state index is 14.3. The molecule has 1 aliphatic carbocycles. The van der Waals surface area contributed by atoms with E-state index >= 15 is 0 Å². The van der Waals surface area contributed by atoms with Crippen molar-refractivity contribution in [1.29, 1.82) is 0 Å². The number of para-hydroxylation sites is 2. The van der Waals surface area contributed by atoms with E-state index in [0.29, 0.717) is 24.9 Å². The summed E-state index contributed by atoms with van der Waals surface area (Å²) in [6.07, 6.45) is 0.729. The topological polar surface area (TPSA) is 169 Å². The SMILES string of the molecule is COc1cc(C(CC(=O)NCCCc2nc3ccccc3[nH]2)C2=C(O)C3(Oc4c(Cl)c(OC)cc(OC)c4C3=O)C(C)CC2=O)ccc1O. The number of Topliss-reactive ketones (excluding diaryl/α,β-unsaturated/α-hetero) is 2. The average Bonchev–Trinajstić information content (AvgIpc) is 3.65. The molecule has 1 aromatic heterocycles. The molecule has 4 aromatic rings. The number of aliphatic hydroxyl groups excluding tert-OH is 1. The van der Waals surface area contributed by atoms with E-state index in [0.717, 1.165) is 16.9 Å². The van der Waals surface area contributed by atoms with Gasteiger partial charge in [-0.1, -0.05) is 36.7 Å². The van der Waals surface area contributed by atoms with Crippen LogP contribution in [0.1, 0.15) is 53.8 Å². The van der Waals surface area contributed by atoms with Crippen LogP contribution in [-0.4, -0.2) is 71.1 Å². The van der Waals surface area contributed by atoms with Gasteiger partial charge in [-0.15, -0.1) is 0 Å². The number of fused-ring (bicyclic) bond motifs is 2. The number of rotatable bonds is 11. The van der Waals surface area contributed by atoms with Crippen molar-refractivity contribution < 1.29 is 43.5 Å². The predicted molar refractivity (Wildman–Crippen MR) is 180 cm³/mol. The maximum atomic E-state index is 14.3. The van der Waals surface area contributed by atoms with E-state index in [1.165, 1.54) is 45.6 Å². The lowest BCUT2D eigenvalue weighted by Crippen LogP contribution is -2.53. The number of hydrogen-bond acceptors (Lipinski definition) is 10. The molecule has 1 amide bonds. The number of aromatic amines is 1. The second-order valence-electron chi connectivity index (χ2n) is 12.1. The lowest BCUT2D eigenvalue weighted by Gasteiger charge is -2.38. The van der Waals surface area contributed by atoms with Crippen molar-refractivity contribution in [3.05, 3.63) is 81.8 Å². The molecule has 49 heavy (non-hydrogen) atoms. The quantitative estimate of drug-likeness (QED) is 0.145. The minimum atomic E-state index is -2.03. The molecule has 6 rings (SSSR count). The van der Waals surface area contributed by atoms with Gasteiger partial charge in [0, 0.05) is 49.3 Å². The van der Waals surface area contributed by atoms with Gasteiger partial charge < -0.3 is 39.5 Å². The van der Waals surface area contributed by atoms with Crippen LogP contribution in [0.25, 0.3) is 11.0 Å². The highest BCUT2D eigenvalue weighted by atomic mass is 35.5. The zero-order valence-corrected chi connectivity index (χ0v) is 28.1. The van der Waals surface area contributed by atoms with Crippen molar-refractivity contribution in [2.24, 2.45) is 5.92 Å². The molecule has 1 aliphatic heterocycles. The van der Waals surface area contributed by atoms with Gasteiger partial charge in [0.1, 0.15) is 27.9 Å². The summed E-state index contributed by atoms with van der Waals surface area (Å²) in [5, 5.41) is 25.3. The first-order valence-corrected chi connectivity index (χ1v) is 16.1. The Morgan fingerprint density at radius 1 is 1.08 bits per heavy atom. The lowest BCUT2D eigenvalue weighted by atomic mass is 9.69. The van der Waals surface area contributed by atoms with E-state index in [4.69, 9.17) is 30.5 Å². The number of H-pyrrole nitrogens is 1. The first-order chi connectivity index (χ1) is 23.5. The number of phenols is 1. The van der Waals surface area contributed by atoms with Gasteiger partial charge in [-0.3, -0.25) is 14.4 Å². The number of nitrogens with zero attached hydrogens (tertiary/aromatic N) is 1. The number of carbonyl (C=O) groups is 3. The lowest BCUT2D eigenvalue weighted by molar-refractivity contribution is -0.121. The Balaban J connectivity index is 1.33. The minimum absolute atomic E-state index is 0.00354. The normalized spacial score (nSPS) is 19.2. The van der Waals surface area contributed by atoms with Crippen molar-refractivity contribution in [3.8, 4) is 28.7 Å². The molecular weight excluding hydrogens is 654 g/mol. The number of methoxy groups -OCH3 is 3. The van der Waals surface area contributed by atoms with E-state index in [-0.39, 0.29) is 57.7 Å². The van der Waals surface area contributed by atoms with Crippen molar-refractivity contribution >= 4 is 40.1 Å². The minimum Gasteiger partial charge on any atom is -0.507 e. The monoisotopic (exact) mass is 689 g/mol. The zero-order valence-electron chi connectivity index (χ0n) is 27.4. The van der Waals surface area contributed by atoms with Crippen molar-refractivity contribution in [3.63, 3.8) is 0 Å². The third kappa shape index (κ3) is 5.79. The molecule has 3 aromatic carbocycles. The number of benzene rings is 3. The van der Waals surface area contributed by atoms with E-state index < -0.39 is 40.7 Å². The highest BCUT2D eigenvalue weighted by Gasteiger charge is 2.61. The number of allylic oxidation sites excluding steroid dienone is 1. The molecule has 3 atom stereocenters. The number of imidazole rings is 1. The number of ether oxygens (including phenoxy) is 4. The fourth-order valence-electron chi connectivity index (χ4n) is 6.70. The smallest absolute Gasteiger partial charge is 0.231 e. The molecule has 12 nitrogen and oxygen atoms in total. The largest absolute Gasteiger partial charge is 0.507 e. The summed E-state index contributed by atoms with van der Waals surface area (Å²) in [5.74, 6) is -2.99. The van der Waals surface area contributed by atoms with Crippen LogP contribution in [0.15, 0.2) is 59.9 Å². The number of carbonyl (C=O) groups excluding carboxylic acids is 3. The first kappa shape index (κ1) is 33.7.